The highest BCUT2D eigenvalue weighted by atomic mass is 16.7. The minimum Gasteiger partial charge on any atom is -0.481 e. The molecule has 0 radical (unpaired) electrons. The first-order chi connectivity index (χ1) is 15.6. The van der Waals surface area contributed by atoms with Crippen LogP contribution in [0, 0.1) is 11.3 Å². The Labute approximate surface area is 185 Å². The number of anilines is 2. The summed E-state index contributed by atoms with van der Waals surface area (Å²) in [6, 6.07) is 20.8. The van der Waals surface area contributed by atoms with E-state index in [9.17, 15) is 9.90 Å². The van der Waals surface area contributed by atoms with E-state index < -0.39 is 5.97 Å². The number of nitrogens with one attached hydrogen (secondary N) is 1. The van der Waals surface area contributed by atoms with Crippen LogP contribution < -0.4 is 14.8 Å². The second-order valence-electron chi connectivity index (χ2n) is 7.44. The molecule has 32 heavy (non-hydrogen) atoms. The second-order valence-corrected chi connectivity index (χ2v) is 7.44. The summed E-state index contributed by atoms with van der Waals surface area (Å²) in [6.45, 7) is 0.494. The monoisotopic (exact) mass is 430 g/mol. The Bertz CT molecular complexity index is 1170. The largest absolute Gasteiger partial charge is 0.481 e. The van der Waals surface area contributed by atoms with Gasteiger partial charge in [0.05, 0.1) is 24.7 Å². The Morgan fingerprint density at radius 3 is 2.62 bits per heavy atom. The summed E-state index contributed by atoms with van der Waals surface area (Å²) in [7, 11) is 1.56. The third-order valence-corrected chi connectivity index (χ3v) is 5.28. The zero-order valence-corrected chi connectivity index (χ0v) is 17.5. The molecule has 0 aliphatic carbocycles. The molecule has 1 atom stereocenters. The summed E-state index contributed by atoms with van der Waals surface area (Å²) in [5.41, 5.74) is 4.89. The SMILES string of the molecule is COCC(CC(=O)O)c1ccc(-c2ccc3c(c2)OCO3)c(Nc2ccc(C#N)cc2)c1. The molecule has 2 N–H and O–H groups in total. The molecule has 7 nitrogen and oxygen atoms in total. The van der Waals surface area contributed by atoms with Crippen LogP contribution in [0.2, 0.25) is 0 Å². The molecule has 162 valence electrons. The first kappa shape index (κ1) is 21.2. The highest BCUT2D eigenvalue weighted by molar-refractivity contribution is 5.83. The van der Waals surface area contributed by atoms with Crippen molar-refractivity contribution in [3.05, 3.63) is 71.8 Å². The molecule has 3 aromatic carbocycles. The molecule has 0 spiro atoms. The van der Waals surface area contributed by atoms with Gasteiger partial charge >= 0.3 is 5.97 Å². The fourth-order valence-electron chi connectivity index (χ4n) is 3.70. The Hall–Kier alpha value is -4.02. The summed E-state index contributed by atoms with van der Waals surface area (Å²) < 4.78 is 16.2. The van der Waals surface area contributed by atoms with Crippen LogP contribution in [-0.2, 0) is 9.53 Å². The average Bonchev–Trinajstić information content (AvgIpc) is 3.27. The fourth-order valence-corrected chi connectivity index (χ4v) is 3.70. The number of nitrogens with zero attached hydrogens (tertiary/aromatic N) is 1. The van der Waals surface area contributed by atoms with Crippen LogP contribution in [0.5, 0.6) is 11.5 Å². The van der Waals surface area contributed by atoms with Gasteiger partial charge in [-0.15, -0.1) is 0 Å². The number of ether oxygens (including phenoxy) is 3. The van der Waals surface area contributed by atoms with E-state index in [0.717, 1.165) is 28.1 Å². The topological polar surface area (TPSA) is 101 Å². The summed E-state index contributed by atoms with van der Waals surface area (Å²) >= 11 is 0. The van der Waals surface area contributed by atoms with Gasteiger partial charge in [-0.2, -0.15) is 5.26 Å². The number of fused-ring (bicyclic) bond motifs is 1. The quantitative estimate of drug-likeness (QED) is 0.524. The maximum atomic E-state index is 11.4. The lowest BCUT2D eigenvalue weighted by Crippen LogP contribution is -2.12. The van der Waals surface area contributed by atoms with Crippen molar-refractivity contribution in [2.75, 3.05) is 25.8 Å². The smallest absolute Gasteiger partial charge is 0.304 e. The number of carboxylic acids is 1. The molecule has 0 bridgehead atoms. The molecule has 0 fully saturated rings. The van der Waals surface area contributed by atoms with E-state index in [1.54, 1.807) is 19.2 Å². The number of hydrogen-bond acceptors (Lipinski definition) is 6. The Morgan fingerprint density at radius 2 is 1.91 bits per heavy atom. The molecule has 0 aromatic heterocycles. The molecule has 0 saturated carbocycles. The third kappa shape index (κ3) is 4.66. The van der Waals surface area contributed by atoms with Gasteiger partial charge < -0.3 is 24.6 Å². The molecular weight excluding hydrogens is 408 g/mol. The minimum absolute atomic E-state index is 0.0342. The Morgan fingerprint density at radius 1 is 1.12 bits per heavy atom. The van der Waals surface area contributed by atoms with Crippen LogP contribution in [0.3, 0.4) is 0 Å². The van der Waals surface area contributed by atoms with E-state index in [-0.39, 0.29) is 19.1 Å². The standard InChI is InChI=1S/C25H22N2O5/c1-30-14-19(12-25(28)29)17-4-8-21(18-5-9-23-24(11-18)32-15-31-23)22(10-17)27-20-6-2-16(13-26)3-7-20/h2-11,19,27H,12,14-15H2,1H3,(H,28,29). The Balaban J connectivity index is 1.75. The normalized spacial score (nSPS) is 12.8. The first-order valence-electron chi connectivity index (χ1n) is 10.1. The van der Waals surface area contributed by atoms with Gasteiger partial charge in [-0.1, -0.05) is 18.2 Å². The van der Waals surface area contributed by atoms with Crippen molar-refractivity contribution < 1.29 is 24.1 Å². The number of nitriles is 1. The molecule has 0 amide bonds. The van der Waals surface area contributed by atoms with Crippen LogP contribution in [-0.4, -0.2) is 31.6 Å². The summed E-state index contributed by atoms with van der Waals surface area (Å²) in [6.07, 6.45) is -0.0342. The molecule has 1 heterocycles. The molecule has 7 heteroatoms. The van der Waals surface area contributed by atoms with E-state index in [4.69, 9.17) is 19.5 Å². The number of aliphatic carboxylic acids is 1. The van der Waals surface area contributed by atoms with Crippen molar-refractivity contribution in [2.45, 2.75) is 12.3 Å². The van der Waals surface area contributed by atoms with Crippen molar-refractivity contribution in [1.29, 1.82) is 5.26 Å². The molecule has 1 unspecified atom stereocenters. The van der Waals surface area contributed by atoms with Crippen molar-refractivity contribution in [2.24, 2.45) is 0 Å². The molecule has 1 aliphatic rings. The van der Waals surface area contributed by atoms with Gasteiger partial charge in [0.25, 0.3) is 0 Å². The lowest BCUT2D eigenvalue weighted by molar-refractivity contribution is -0.137. The van der Waals surface area contributed by atoms with E-state index in [1.807, 2.05) is 48.5 Å². The van der Waals surface area contributed by atoms with Gasteiger partial charge in [-0.25, -0.2) is 0 Å². The number of carboxylic acid groups (broad SMARTS) is 1. The third-order valence-electron chi connectivity index (χ3n) is 5.28. The number of hydrogen-bond donors (Lipinski definition) is 2. The van der Waals surface area contributed by atoms with Gasteiger partial charge in [-0.05, 0) is 53.6 Å². The van der Waals surface area contributed by atoms with Crippen molar-refractivity contribution >= 4 is 17.3 Å². The maximum Gasteiger partial charge on any atom is 0.304 e. The lowest BCUT2D eigenvalue weighted by Gasteiger charge is -2.19. The van der Waals surface area contributed by atoms with Crippen molar-refractivity contribution in [1.82, 2.24) is 0 Å². The molecule has 1 aliphatic heterocycles. The molecule has 3 aromatic rings. The lowest BCUT2D eigenvalue weighted by atomic mass is 9.92. The number of methoxy groups -OCH3 is 1. The maximum absolute atomic E-state index is 11.4. The number of benzene rings is 3. The predicted molar refractivity (Wildman–Crippen MR) is 119 cm³/mol. The van der Waals surface area contributed by atoms with Crippen LogP contribution in [0.4, 0.5) is 11.4 Å². The summed E-state index contributed by atoms with van der Waals surface area (Å²) in [4.78, 5) is 11.4. The number of carbonyl (C=O) groups is 1. The van der Waals surface area contributed by atoms with Gasteiger partial charge in [0, 0.05) is 30.0 Å². The second kappa shape index (κ2) is 9.41. The summed E-state index contributed by atoms with van der Waals surface area (Å²) in [5, 5.41) is 21.8. The van der Waals surface area contributed by atoms with E-state index in [2.05, 4.69) is 11.4 Å². The van der Waals surface area contributed by atoms with Crippen LogP contribution in [0.15, 0.2) is 60.7 Å². The molecular formula is C25H22N2O5. The van der Waals surface area contributed by atoms with Gasteiger partial charge in [0.2, 0.25) is 6.79 Å². The first-order valence-corrected chi connectivity index (χ1v) is 10.1. The highest BCUT2D eigenvalue weighted by Crippen LogP contribution is 2.40. The van der Waals surface area contributed by atoms with Crippen LogP contribution >= 0.6 is 0 Å². The number of rotatable bonds is 8. The molecule has 4 rings (SSSR count). The van der Waals surface area contributed by atoms with Gasteiger partial charge in [-0.3, -0.25) is 4.79 Å². The fraction of sp³-hybridized carbons (Fsp3) is 0.200. The van der Waals surface area contributed by atoms with Crippen molar-refractivity contribution in [3.8, 4) is 28.7 Å². The zero-order valence-electron chi connectivity index (χ0n) is 17.5. The van der Waals surface area contributed by atoms with E-state index in [0.29, 0.717) is 23.7 Å². The Kier molecular flexibility index (Phi) is 6.24. The van der Waals surface area contributed by atoms with Gasteiger partial charge in [0.1, 0.15) is 0 Å². The minimum atomic E-state index is -0.881. The zero-order chi connectivity index (χ0) is 22.5. The highest BCUT2D eigenvalue weighted by Gasteiger charge is 2.19. The average molecular weight is 430 g/mol. The predicted octanol–water partition coefficient (Wildman–Crippen LogP) is 4.90. The van der Waals surface area contributed by atoms with E-state index >= 15 is 0 Å². The van der Waals surface area contributed by atoms with Gasteiger partial charge in [0.15, 0.2) is 11.5 Å². The van der Waals surface area contributed by atoms with Crippen LogP contribution in [0.25, 0.3) is 11.1 Å². The summed E-state index contributed by atoms with van der Waals surface area (Å²) in [5.74, 6) is 0.214. The van der Waals surface area contributed by atoms with E-state index in [1.165, 1.54) is 0 Å². The van der Waals surface area contributed by atoms with Crippen molar-refractivity contribution in [3.63, 3.8) is 0 Å². The van der Waals surface area contributed by atoms with Crippen LogP contribution in [0.1, 0.15) is 23.5 Å². The molecule has 0 saturated heterocycles.